The van der Waals surface area contributed by atoms with Gasteiger partial charge in [-0.25, -0.2) is 43.1 Å². The number of nitrogen functional groups attached to an aromatic ring is 5. The van der Waals surface area contributed by atoms with Gasteiger partial charge >= 0.3 is 0 Å². The number of benzene rings is 6. The highest BCUT2D eigenvalue weighted by molar-refractivity contribution is 9.10. The third-order valence-corrected chi connectivity index (χ3v) is 35.8. The minimum atomic E-state index is -2.10. The second-order valence-electron chi connectivity index (χ2n) is 34.1. The molecule has 0 bridgehead atoms. The molecule has 0 radical (unpaired) electrons. The van der Waals surface area contributed by atoms with E-state index in [2.05, 4.69) is 191 Å². The smallest absolute Gasteiger partial charge is 0.192 e. The average molecular weight is 1750 g/mol. The summed E-state index contributed by atoms with van der Waals surface area (Å²) in [4.78, 5) is 24.9. The Kier molecular flexibility index (Phi) is 32.2. The van der Waals surface area contributed by atoms with E-state index in [0.29, 0.717) is 52.0 Å². The van der Waals surface area contributed by atoms with Crippen molar-refractivity contribution < 1.29 is 36.7 Å². The zero-order valence-corrected chi connectivity index (χ0v) is 76.7. The minimum absolute atomic E-state index is 0.0293. The zero-order chi connectivity index (χ0) is 87.6. The highest BCUT2D eigenvalue weighted by atomic mass is 79.9. The summed E-state index contributed by atoms with van der Waals surface area (Å²) in [5.41, 5.74) is 43.2. The number of hydrogen-bond donors (Lipinski definition) is 7. The molecule has 0 saturated heterocycles. The molecule has 0 fully saturated rings. The van der Waals surface area contributed by atoms with Crippen LogP contribution in [0, 0.1) is 24.4 Å². The number of pyridine rings is 6. The van der Waals surface area contributed by atoms with Crippen molar-refractivity contribution in [3.05, 3.63) is 298 Å². The fraction of sp³-hybridized carbons (Fsp3) is 0.277. The number of aryl methyl sites for hydroxylation is 1. The van der Waals surface area contributed by atoms with Crippen molar-refractivity contribution in [3.63, 3.8) is 0 Å². The number of imidazole rings is 1. The van der Waals surface area contributed by atoms with Gasteiger partial charge in [-0.1, -0.05) is 170 Å². The molecular formula is C94H113BrClF3N12O5Si3. The number of nitrogens with two attached hydrogens (primary N) is 5. The van der Waals surface area contributed by atoms with E-state index in [1.165, 1.54) is 35.5 Å². The molecule has 7 aromatic heterocycles. The van der Waals surface area contributed by atoms with Gasteiger partial charge in [0.1, 0.15) is 63.0 Å². The summed E-state index contributed by atoms with van der Waals surface area (Å²) in [6.45, 7) is 39.0. The normalized spacial score (nSPS) is 11.8. The van der Waals surface area contributed by atoms with Crippen LogP contribution in [0.2, 0.25) is 59.5 Å². The van der Waals surface area contributed by atoms with Crippen LogP contribution in [0.1, 0.15) is 110 Å². The van der Waals surface area contributed by atoms with Crippen LogP contribution < -0.4 is 28.7 Å². The van der Waals surface area contributed by atoms with Gasteiger partial charge in [0, 0.05) is 91.7 Å². The highest BCUT2D eigenvalue weighted by Crippen LogP contribution is 2.42. The summed E-state index contributed by atoms with van der Waals surface area (Å²) in [5, 5.41) is 19.9. The molecule has 0 aliphatic rings. The lowest BCUT2D eigenvalue weighted by atomic mass is 9.95. The predicted molar refractivity (Wildman–Crippen MR) is 496 cm³/mol. The molecule has 0 amide bonds. The number of aliphatic hydroxyl groups excluding tert-OH is 1. The molecule has 626 valence electrons. The predicted octanol–water partition coefficient (Wildman–Crippen LogP) is 24.1. The Labute approximate surface area is 716 Å². The Hall–Kier alpha value is -10.2. The maximum atomic E-state index is 14.8. The van der Waals surface area contributed by atoms with Crippen molar-refractivity contribution in [1.82, 2.24) is 34.3 Å². The van der Waals surface area contributed by atoms with Gasteiger partial charge in [-0.3, -0.25) is 4.40 Å². The third-order valence-electron chi connectivity index (χ3n) is 21.5. The number of fused-ring (bicyclic) bond motifs is 1. The van der Waals surface area contributed by atoms with Crippen molar-refractivity contribution in [3.8, 4) is 66.9 Å². The summed E-state index contributed by atoms with van der Waals surface area (Å²) in [5.74, 6) is 0.897. The largest absolute Gasteiger partial charge is 0.413 e. The SMILES string of the molecule is CC(C)(C)[Si](C)(C)OCc1c(F)ccc(-c2ccc(N)nc2)c1F.CC(C)(C)[Si](C)(C)OCc1c(F)cccc1-c1ccc(N)nc1.CC(C)(C)[Si](C)(C)OCc1cccc(-c2ccc(N)nc2)c1.CC(C)(O)c1cccc(-c2ccc(N)nc2)c1.Cc1ccc(-c2nc3ccc(Br)cn3c2Cl)cc1.Nc1ccc(-c2cccc(CO)c2)cn1. The van der Waals surface area contributed by atoms with Crippen LogP contribution in [0.3, 0.4) is 0 Å². The van der Waals surface area contributed by atoms with Crippen LogP contribution in [0.15, 0.2) is 242 Å². The second-order valence-corrected chi connectivity index (χ2v) is 49.8. The molecule has 0 aliphatic heterocycles. The molecule has 25 heteroatoms. The van der Waals surface area contributed by atoms with E-state index in [4.69, 9.17) is 58.7 Å². The van der Waals surface area contributed by atoms with Gasteiger partial charge in [0.05, 0.1) is 32.0 Å². The lowest BCUT2D eigenvalue weighted by molar-refractivity contribution is 0.0786. The van der Waals surface area contributed by atoms with E-state index in [9.17, 15) is 18.3 Å². The Morgan fingerprint density at radius 3 is 1.24 bits per heavy atom. The van der Waals surface area contributed by atoms with Gasteiger partial charge < -0.3 is 52.2 Å². The van der Waals surface area contributed by atoms with Crippen molar-refractivity contribution in [1.29, 1.82) is 0 Å². The van der Waals surface area contributed by atoms with Crippen LogP contribution in [0.25, 0.3) is 72.5 Å². The van der Waals surface area contributed by atoms with E-state index < -0.39 is 42.2 Å². The zero-order valence-electron chi connectivity index (χ0n) is 71.4. The van der Waals surface area contributed by atoms with E-state index in [1.54, 1.807) is 68.8 Å². The Morgan fingerprint density at radius 1 is 0.420 bits per heavy atom. The minimum Gasteiger partial charge on any atom is -0.413 e. The number of anilines is 5. The van der Waals surface area contributed by atoms with E-state index in [1.807, 2.05) is 126 Å². The molecule has 6 aromatic carbocycles. The molecule has 12 N–H and O–H groups in total. The molecule has 0 spiro atoms. The van der Waals surface area contributed by atoms with Crippen molar-refractivity contribution in [2.45, 2.75) is 170 Å². The molecule has 17 nitrogen and oxygen atoms in total. The highest BCUT2D eigenvalue weighted by Gasteiger charge is 2.40. The number of aromatic nitrogens is 7. The first-order chi connectivity index (χ1) is 55.7. The molecule has 13 aromatic rings. The molecule has 0 aliphatic carbocycles. The number of aliphatic hydroxyl groups is 2. The lowest BCUT2D eigenvalue weighted by Gasteiger charge is -2.36. The summed E-state index contributed by atoms with van der Waals surface area (Å²) >= 11 is 9.82. The van der Waals surface area contributed by atoms with E-state index in [0.717, 1.165) is 77.0 Å². The molecule has 0 saturated carbocycles. The quantitative estimate of drug-likeness (QED) is 0.0417. The van der Waals surface area contributed by atoms with Crippen molar-refractivity contribution in [2.24, 2.45) is 0 Å². The fourth-order valence-corrected chi connectivity index (χ4v) is 14.3. The van der Waals surface area contributed by atoms with Gasteiger partial charge in [0.15, 0.2) is 25.0 Å². The Morgan fingerprint density at radius 2 is 0.807 bits per heavy atom. The molecular weight excluding hydrogens is 1630 g/mol. The standard InChI is InChI=1S/C18H24F2N2OSi.C18H25FN2OSi.C18H26N2OSi.C14H10BrClN2.C14H16N2O.C12H12N2O/c1-18(2,3)24(4,5)23-11-14-15(19)8-7-13(17(14)20)12-6-9-16(21)22-10-12;1-18(2,3)23(4,5)22-12-15-14(7-6-8-16(15)19)13-9-10-17(20)21-11-13;1-18(2,3)22(4,5)21-13-14-7-6-8-15(11-14)16-9-10-17(19)20-12-16;1-9-2-4-10(5-3-9)13-14(16)18-8-11(15)6-7-12(18)17-13;1-14(2,17)12-5-3-4-10(8-12)11-6-7-13(15)16-9-11;13-12-5-4-11(7-14-12)10-3-1-2-9(6-10)8-15/h6-10H,11H2,1-5H3,(H2,21,22);6-11H,12H2,1-5H3,(H2,20,21);6-12H,13H2,1-5H3,(H2,19,20);2-8H,1H3;3-9,17H,1-2H3,(H2,15,16);1-7,15H,8H2,(H2,13,14). The molecule has 0 unspecified atom stereocenters. The van der Waals surface area contributed by atoms with Crippen molar-refractivity contribution in [2.75, 3.05) is 28.7 Å². The van der Waals surface area contributed by atoms with Crippen LogP contribution in [-0.4, -0.2) is 69.5 Å². The Bertz CT molecular complexity index is 5470. The average Bonchev–Trinajstić information content (AvgIpc) is 1.65. The van der Waals surface area contributed by atoms with E-state index in [-0.39, 0.29) is 51.9 Å². The third kappa shape index (κ3) is 26.6. The van der Waals surface area contributed by atoms with Crippen LogP contribution in [-0.2, 0) is 45.3 Å². The second kappa shape index (κ2) is 40.7. The van der Waals surface area contributed by atoms with Gasteiger partial charge in [-0.05, 0) is 239 Å². The van der Waals surface area contributed by atoms with E-state index >= 15 is 0 Å². The van der Waals surface area contributed by atoms with Crippen LogP contribution >= 0.6 is 27.5 Å². The lowest BCUT2D eigenvalue weighted by Crippen LogP contribution is -2.40. The van der Waals surface area contributed by atoms with Crippen LogP contribution in [0.4, 0.5) is 42.3 Å². The van der Waals surface area contributed by atoms with Gasteiger partial charge in [0.2, 0.25) is 0 Å². The summed E-state index contributed by atoms with van der Waals surface area (Å²) in [6.07, 6.45) is 10.3. The van der Waals surface area contributed by atoms with Crippen LogP contribution in [0.5, 0.6) is 0 Å². The number of nitrogens with zero attached hydrogens (tertiary/aromatic N) is 7. The molecule has 7 heterocycles. The summed E-state index contributed by atoms with van der Waals surface area (Å²) in [7, 11) is -5.77. The summed E-state index contributed by atoms with van der Waals surface area (Å²) in [6, 6.07) is 61.8. The maximum absolute atomic E-state index is 14.8. The number of rotatable bonds is 17. The molecule has 0 atom stereocenters. The number of hydrogen-bond acceptors (Lipinski definition) is 16. The molecule has 13 rings (SSSR count). The first kappa shape index (κ1) is 94.3. The Balaban J connectivity index is 0.000000179. The van der Waals surface area contributed by atoms with Crippen molar-refractivity contribution >= 4 is 87.2 Å². The first-order valence-corrected chi connectivity index (χ1v) is 48.9. The molecule has 119 heavy (non-hydrogen) atoms. The monoisotopic (exact) mass is 1740 g/mol. The first-order valence-electron chi connectivity index (χ1n) is 39.0. The maximum Gasteiger partial charge on any atom is 0.192 e. The topological polar surface area (TPSA) is 280 Å². The summed E-state index contributed by atoms with van der Waals surface area (Å²) < 4.78 is 64.7. The van der Waals surface area contributed by atoms with Gasteiger partial charge in [0.25, 0.3) is 0 Å². The van der Waals surface area contributed by atoms with Gasteiger partial charge in [-0.2, -0.15) is 0 Å². The fourth-order valence-electron chi connectivity index (χ4n) is 10.9. The number of halogens is 5. The van der Waals surface area contributed by atoms with Gasteiger partial charge in [-0.15, -0.1) is 0 Å².